The summed E-state index contributed by atoms with van der Waals surface area (Å²) in [5.41, 5.74) is 15.2. The molecule has 0 spiro atoms. The fraction of sp³-hybridized carbons (Fsp3) is 0.500. The number of aromatic nitrogens is 2. The lowest BCUT2D eigenvalue weighted by Gasteiger charge is -2.23. The maximum Gasteiger partial charge on any atom is 0.267 e. The van der Waals surface area contributed by atoms with Crippen molar-refractivity contribution in [3.05, 3.63) is 46.6 Å². The number of amides is 2. The largest absolute Gasteiger partial charge is 0.383 e. The number of carbonyl (C=O) groups is 2. The average Bonchev–Trinajstić information content (AvgIpc) is 3.26. The van der Waals surface area contributed by atoms with Gasteiger partial charge in [0.25, 0.3) is 11.8 Å². The second-order valence-corrected chi connectivity index (χ2v) is 8.12. The van der Waals surface area contributed by atoms with Gasteiger partial charge >= 0.3 is 0 Å². The number of primary amides is 1. The van der Waals surface area contributed by atoms with Crippen molar-refractivity contribution in [2.45, 2.75) is 50.9 Å². The summed E-state index contributed by atoms with van der Waals surface area (Å²) < 4.78 is 26.5. The molecule has 1 aliphatic carbocycles. The van der Waals surface area contributed by atoms with E-state index in [1.165, 1.54) is 20.7 Å². The first-order valence-corrected chi connectivity index (χ1v) is 10.5. The fourth-order valence-corrected chi connectivity index (χ4v) is 4.20. The van der Waals surface area contributed by atoms with Gasteiger partial charge in [0.2, 0.25) is 5.91 Å². The van der Waals surface area contributed by atoms with Crippen LogP contribution in [0.5, 0.6) is 0 Å². The van der Waals surface area contributed by atoms with E-state index < -0.39 is 11.8 Å². The number of nitrogens with zero attached hydrogens (tertiary/aromatic N) is 3. The summed E-state index contributed by atoms with van der Waals surface area (Å²) in [4.78, 5) is 23.7. The number of hydrogen-bond donors (Lipinski definition) is 2. The second-order valence-electron chi connectivity index (χ2n) is 8.12. The number of hydrogen-bond acceptors (Lipinski definition) is 4. The lowest BCUT2D eigenvalue weighted by molar-refractivity contribution is -0.131. The molecule has 1 atom stereocenters. The van der Waals surface area contributed by atoms with E-state index in [4.69, 9.17) is 11.5 Å². The lowest BCUT2D eigenvalue weighted by Crippen LogP contribution is -2.30. The number of likely N-dealkylation sites (tertiary alicyclic amines) is 1. The molecule has 1 fully saturated rings. The normalized spacial score (nSPS) is 19.4. The van der Waals surface area contributed by atoms with Gasteiger partial charge in [-0.05, 0) is 30.4 Å². The van der Waals surface area contributed by atoms with Gasteiger partial charge in [-0.25, -0.2) is 8.78 Å². The molecule has 7 nitrogen and oxygen atoms in total. The zero-order valence-electron chi connectivity index (χ0n) is 17.9. The summed E-state index contributed by atoms with van der Waals surface area (Å²) >= 11 is 0. The Morgan fingerprint density at radius 2 is 1.94 bits per heavy atom. The monoisotopic (exact) mass is 433 g/mol. The van der Waals surface area contributed by atoms with Crippen LogP contribution in [0.15, 0.2) is 24.3 Å². The molecular formula is C22H29F2N5O2. The molecule has 2 amide bonds. The van der Waals surface area contributed by atoms with Crippen molar-refractivity contribution in [2.75, 3.05) is 18.8 Å². The van der Waals surface area contributed by atoms with E-state index in [1.54, 1.807) is 14.0 Å². The first-order valence-electron chi connectivity index (χ1n) is 10.5. The van der Waals surface area contributed by atoms with Crippen molar-refractivity contribution >= 4 is 17.6 Å². The number of carbonyl (C=O) groups excluding carboxylic acids is 2. The molecule has 1 aliphatic heterocycles. The quantitative estimate of drug-likeness (QED) is 0.776. The molecule has 168 valence electrons. The Kier molecular flexibility index (Phi) is 6.62. The van der Waals surface area contributed by atoms with Crippen LogP contribution >= 0.6 is 0 Å². The predicted molar refractivity (Wildman–Crippen MR) is 114 cm³/mol. The Labute approximate surface area is 180 Å². The maximum absolute atomic E-state index is 12.5. The molecule has 2 aliphatic rings. The van der Waals surface area contributed by atoms with Crippen LogP contribution in [0, 0.1) is 0 Å². The number of nitrogen functional groups attached to an aromatic ring is 1. The molecule has 4 N–H and O–H groups in total. The third-order valence-electron chi connectivity index (χ3n) is 5.92. The summed E-state index contributed by atoms with van der Waals surface area (Å²) in [7, 11) is 1.74. The molecule has 1 aromatic carbocycles. The Hall–Kier alpha value is -2.97. The second kappa shape index (κ2) is 9.03. The molecule has 1 saturated heterocycles. The molecule has 31 heavy (non-hydrogen) atoms. The van der Waals surface area contributed by atoms with Gasteiger partial charge in [0, 0.05) is 32.4 Å². The van der Waals surface area contributed by atoms with E-state index in [2.05, 4.69) is 23.3 Å². The van der Waals surface area contributed by atoms with Gasteiger partial charge in [0.15, 0.2) is 0 Å². The first-order chi connectivity index (χ1) is 14.6. The van der Waals surface area contributed by atoms with Crippen LogP contribution < -0.4 is 11.5 Å². The number of alkyl halides is 2. The molecule has 0 saturated carbocycles. The fourth-order valence-electron chi connectivity index (χ4n) is 4.20. The molecule has 9 heteroatoms. The van der Waals surface area contributed by atoms with E-state index in [-0.39, 0.29) is 31.3 Å². The number of anilines is 1. The third kappa shape index (κ3) is 5.03. The molecule has 0 radical (unpaired) electrons. The topological polar surface area (TPSA) is 107 Å². The Bertz CT molecular complexity index is 973. The van der Waals surface area contributed by atoms with Crippen molar-refractivity contribution in [2.24, 2.45) is 12.8 Å². The van der Waals surface area contributed by atoms with Crippen LogP contribution in [0.1, 0.15) is 59.3 Å². The molecule has 4 rings (SSSR count). The highest BCUT2D eigenvalue weighted by atomic mass is 19.3. The van der Waals surface area contributed by atoms with Crippen molar-refractivity contribution in [1.29, 1.82) is 0 Å². The smallest absolute Gasteiger partial charge is 0.267 e. The van der Waals surface area contributed by atoms with Crippen LogP contribution in [-0.2, 0) is 24.7 Å². The third-order valence-corrected chi connectivity index (χ3v) is 5.92. The van der Waals surface area contributed by atoms with Crippen LogP contribution in [0.2, 0.25) is 0 Å². The molecular weight excluding hydrogens is 404 g/mol. The summed E-state index contributed by atoms with van der Waals surface area (Å²) in [5, 5.41) is 4.42. The molecule has 2 aromatic rings. The lowest BCUT2D eigenvalue weighted by atomic mass is 9.81. The molecule has 0 bridgehead atoms. The zero-order chi connectivity index (χ0) is 22.8. The average molecular weight is 434 g/mol. The summed E-state index contributed by atoms with van der Waals surface area (Å²) in [6.07, 6.45) is 2.98. The van der Waals surface area contributed by atoms with Crippen molar-refractivity contribution < 1.29 is 18.4 Å². The standard InChI is InChI=1S/C15H18N4O.C7H11F2NO/c1-19-14(16)12(15(17)20)13(18-19)11-7-6-9-4-2-3-5-10(9)8-11;1-2-6(11)10-4-3-7(8,9)5-10/h2-5,11H,6-8,16H2,1H3,(H2,17,20);2-5H2,1H3. The molecule has 1 aromatic heterocycles. The van der Waals surface area contributed by atoms with Gasteiger partial charge in [-0.2, -0.15) is 5.10 Å². The SMILES string of the molecule is CCC(=O)N1CCC(F)(F)C1.Cn1nc(C2CCc3ccccc3C2)c(C(N)=O)c1N. The first kappa shape index (κ1) is 22.7. The van der Waals surface area contributed by atoms with Gasteiger partial charge in [-0.15, -0.1) is 0 Å². The number of benzene rings is 1. The van der Waals surface area contributed by atoms with E-state index in [0.717, 1.165) is 25.0 Å². The number of aryl methyl sites for hydroxylation is 2. The van der Waals surface area contributed by atoms with Crippen molar-refractivity contribution in [1.82, 2.24) is 14.7 Å². The minimum atomic E-state index is -2.65. The van der Waals surface area contributed by atoms with E-state index in [9.17, 15) is 18.4 Å². The minimum Gasteiger partial charge on any atom is -0.383 e. The van der Waals surface area contributed by atoms with Gasteiger partial charge in [-0.1, -0.05) is 31.2 Å². The number of halogens is 2. The Balaban J connectivity index is 0.000000210. The van der Waals surface area contributed by atoms with Crippen molar-refractivity contribution in [3.8, 4) is 0 Å². The van der Waals surface area contributed by atoms with Crippen LogP contribution in [0.25, 0.3) is 0 Å². The van der Waals surface area contributed by atoms with Crippen LogP contribution in [0.4, 0.5) is 14.6 Å². The summed E-state index contributed by atoms with van der Waals surface area (Å²) in [6, 6.07) is 8.40. The maximum atomic E-state index is 12.5. The molecule has 1 unspecified atom stereocenters. The highest BCUT2D eigenvalue weighted by molar-refractivity contribution is 5.98. The zero-order valence-corrected chi connectivity index (χ0v) is 17.9. The Morgan fingerprint density at radius 1 is 1.26 bits per heavy atom. The summed E-state index contributed by atoms with van der Waals surface area (Å²) in [6.45, 7) is 1.50. The van der Waals surface area contributed by atoms with E-state index >= 15 is 0 Å². The molecule has 2 heterocycles. The highest BCUT2D eigenvalue weighted by Crippen LogP contribution is 2.34. The van der Waals surface area contributed by atoms with Gasteiger partial charge in [0.05, 0.1) is 12.2 Å². The van der Waals surface area contributed by atoms with Crippen LogP contribution in [-0.4, -0.2) is 45.5 Å². The van der Waals surface area contributed by atoms with Gasteiger partial charge < -0.3 is 16.4 Å². The minimum absolute atomic E-state index is 0.179. The van der Waals surface area contributed by atoms with Gasteiger partial charge in [0.1, 0.15) is 11.4 Å². The summed E-state index contributed by atoms with van der Waals surface area (Å²) in [5.74, 6) is -2.76. The number of nitrogens with two attached hydrogens (primary N) is 2. The van der Waals surface area contributed by atoms with Crippen molar-refractivity contribution in [3.63, 3.8) is 0 Å². The Morgan fingerprint density at radius 3 is 2.52 bits per heavy atom. The van der Waals surface area contributed by atoms with E-state index in [0.29, 0.717) is 17.8 Å². The van der Waals surface area contributed by atoms with Gasteiger partial charge in [-0.3, -0.25) is 14.3 Å². The van der Waals surface area contributed by atoms with E-state index in [1.807, 2.05) is 6.07 Å². The van der Waals surface area contributed by atoms with Crippen LogP contribution in [0.3, 0.4) is 0 Å². The highest BCUT2D eigenvalue weighted by Gasteiger charge is 2.39. The number of rotatable bonds is 3. The number of fused-ring (bicyclic) bond motifs is 1. The predicted octanol–water partition coefficient (Wildman–Crippen LogP) is 2.64.